The number of halogens is 1. The Balaban J connectivity index is 1.92. The van der Waals surface area contributed by atoms with Crippen molar-refractivity contribution in [1.82, 2.24) is 10.2 Å². The minimum absolute atomic E-state index is 0.319. The molecular weight excluding hydrogens is 284 g/mol. The summed E-state index contributed by atoms with van der Waals surface area (Å²) in [5, 5.41) is 4.06. The Labute approximate surface area is 131 Å². The fraction of sp³-hybridized carbons (Fsp3) is 0.588. The summed E-state index contributed by atoms with van der Waals surface area (Å²) in [7, 11) is 0. The molecule has 3 rings (SSSR count). The van der Waals surface area contributed by atoms with E-state index >= 15 is 0 Å². The molecule has 21 heavy (non-hydrogen) atoms. The second-order valence-corrected chi connectivity index (χ2v) is 6.63. The number of carbonyl (C=O) groups excluding carboxylic acids is 1. The Morgan fingerprint density at radius 3 is 2.29 bits per heavy atom. The lowest BCUT2D eigenvalue weighted by Crippen LogP contribution is -2.54. The van der Waals surface area contributed by atoms with Crippen molar-refractivity contribution in [2.45, 2.75) is 37.5 Å². The third kappa shape index (κ3) is 2.95. The van der Waals surface area contributed by atoms with Gasteiger partial charge in [0, 0.05) is 31.2 Å². The summed E-state index contributed by atoms with van der Waals surface area (Å²) < 4.78 is 0. The fourth-order valence-corrected chi connectivity index (χ4v) is 3.85. The molecule has 1 amide bonds. The van der Waals surface area contributed by atoms with Gasteiger partial charge in [-0.25, -0.2) is 0 Å². The molecule has 1 heterocycles. The molecule has 0 unspecified atom stereocenters. The molecule has 2 fully saturated rings. The average Bonchev–Trinajstić information content (AvgIpc) is 2.56. The Morgan fingerprint density at radius 2 is 1.67 bits per heavy atom. The summed E-state index contributed by atoms with van der Waals surface area (Å²) in [6.45, 7) is 3.47. The highest BCUT2D eigenvalue weighted by atomic mass is 35.5. The number of carbonyl (C=O) groups is 1. The van der Waals surface area contributed by atoms with Gasteiger partial charge >= 0.3 is 0 Å². The van der Waals surface area contributed by atoms with Crippen molar-refractivity contribution in [2.75, 3.05) is 26.2 Å². The molecule has 0 aromatic heterocycles. The van der Waals surface area contributed by atoms with Crippen molar-refractivity contribution in [3.8, 4) is 0 Å². The Morgan fingerprint density at radius 1 is 1.05 bits per heavy atom. The van der Waals surface area contributed by atoms with E-state index < -0.39 is 0 Å². The van der Waals surface area contributed by atoms with Gasteiger partial charge in [0.25, 0.3) is 0 Å². The molecule has 0 radical (unpaired) electrons. The van der Waals surface area contributed by atoms with Crippen LogP contribution >= 0.6 is 11.6 Å². The summed E-state index contributed by atoms with van der Waals surface area (Å²) in [4.78, 5) is 15.3. The van der Waals surface area contributed by atoms with Crippen LogP contribution in [0.4, 0.5) is 0 Å². The first kappa shape index (κ1) is 14.9. The van der Waals surface area contributed by atoms with E-state index in [1.807, 2.05) is 24.3 Å². The zero-order chi connectivity index (χ0) is 14.7. The average molecular weight is 307 g/mol. The lowest BCUT2D eigenvalue weighted by Gasteiger charge is -2.41. The summed E-state index contributed by atoms with van der Waals surface area (Å²) in [5.74, 6) is 0.325. The van der Waals surface area contributed by atoms with Crippen molar-refractivity contribution in [2.24, 2.45) is 0 Å². The maximum atomic E-state index is 13.2. The zero-order valence-corrected chi connectivity index (χ0v) is 13.2. The van der Waals surface area contributed by atoms with Crippen molar-refractivity contribution in [1.29, 1.82) is 0 Å². The summed E-state index contributed by atoms with van der Waals surface area (Å²) in [6, 6.07) is 7.93. The molecule has 0 spiro atoms. The first-order valence-corrected chi connectivity index (χ1v) is 8.36. The third-order valence-electron chi connectivity index (χ3n) is 4.92. The van der Waals surface area contributed by atoms with Crippen LogP contribution in [0.15, 0.2) is 24.3 Å². The van der Waals surface area contributed by atoms with E-state index in [1.165, 1.54) is 6.42 Å². The summed E-state index contributed by atoms with van der Waals surface area (Å²) in [6.07, 6.45) is 5.46. The van der Waals surface area contributed by atoms with E-state index in [9.17, 15) is 4.79 Å². The lowest BCUT2D eigenvalue weighted by molar-refractivity contribution is -0.139. The summed E-state index contributed by atoms with van der Waals surface area (Å²) in [5.41, 5.74) is 0.829. The number of hydrogen-bond donors (Lipinski definition) is 1. The molecule has 0 atom stereocenters. The lowest BCUT2D eigenvalue weighted by atomic mass is 9.68. The number of benzene rings is 1. The normalized spacial score (nSPS) is 22.0. The second-order valence-electron chi connectivity index (χ2n) is 6.19. The fourth-order valence-electron chi connectivity index (χ4n) is 3.72. The quantitative estimate of drug-likeness (QED) is 0.911. The SMILES string of the molecule is O=C(N1CCNCC1)C1(c2ccc(Cl)cc2)CCCCC1. The molecule has 1 aromatic carbocycles. The molecule has 2 aliphatic rings. The number of rotatable bonds is 2. The monoisotopic (exact) mass is 306 g/mol. The highest BCUT2D eigenvalue weighted by Crippen LogP contribution is 2.41. The van der Waals surface area contributed by atoms with Crippen LogP contribution in [0.5, 0.6) is 0 Å². The van der Waals surface area contributed by atoms with Crippen LogP contribution in [0.3, 0.4) is 0 Å². The van der Waals surface area contributed by atoms with Crippen molar-refractivity contribution < 1.29 is 4.79 Å². The Kier molecular flexibility index (Phi) is 4.51. The van der Waals surface area contributed by atoms with Gasteiger partial charge in [-0.3, -0.25) is 4.79 Å². The van der Waals surface area contributed by atoms with E-state index in [-0.39, 0.29) is 5.41 Å². The van der Waals surface area contributed by atoms with E-state index in [0.717, 1.165) is 62.4 Å². The number of nitrogens with one attached hydrogen (secondary N) is 1. The van der Waals surface area contributed by atoms with E-state index in [4.69, 9.17) is 11.6 Å². The van der Waals surface area contributed by atoms with Crippen LogP contribution in [0, 0.1) is 0 Å². The van der Waals surface area contributed by atoms with Gasteiger partial charge in [-0.15, -0.1) is 0 Å². The summed E-state index contributed by atoms with van der Waals surface area (Å²) >= 11 is 6.02. The van der Waals surface area contributed by atoms with E-state index in [2.05, 4.69) is 10.2 Å². The standard InChI is InChI=1S/C17H23ClN2O/c18-15-6-4-14(5-7-15)17(8-2-1-3-9-17)16(21)20-12-10-19-11-13-20/h4-7,19H,1-3,8-13H2. The number of piperazine rings is 1. The van der Waals surface area contributed by atoms with Crippen LogP contribution < -0.4 is 5.32 Å². The Bertz CT molecular complexity index is 488. The van der Waals surface area contributed by atoms with Gasteiger partial charge in [-0.05, 0) is 30.5 Å². The molecule has 1 aromatic rings. The van der Waals surface area contributed by atoms with Crippen LogP contribution in [-0.2, 0) is 10.2 Å². The van der Waals surface area contributed by atoms with Gasteiger partial charge in [0.05, 0.1) is 5.41 Å². The van der Waals surface area contributed by atoms with Gasteiger partial charge in [0.2, 0.25) is 5.91 Å². The van der Waals surface area contributed by atoms with Gasteiger partial charge < -0.3 is 10.2 Å². The molecule has 0 bridgehead atoms. The largest absolute Gasteiger partial charge is 0.339 e. The topological polar surface area (TPSA) is 32.3 Å². The smallest absolute Gasteiger partial charge is 0.233 e. The van der Waals surface area contributed by atoms with E-state index in [0.29, 0.717) is 5.91 Å². The highest BCUT2D eigenvalue weighted by Gasteiger charge is 2.43. The van der Waals surface area contributed by atoms with Crippen molar-refractivity contribution in [3.05, 3.63) is 34.9 Å². The second kappa shape index (κ2) is 6.37. The van der Waals surface area contributed by atoms with E-state index in [1.54, 1.807) is 0 Å². The number of nitrogens with zero attached hydrogens (tertiary/aromatic N) is 1. The predicted octanol–water partition coefficient (Wildman–Crippen LogP) is 2.97. The van der Waals surface area contributed by atoms with Crippen LogP contribution in [0.25, 0.3) is 0 Å². The van der Waals surface area contributed by atoms with Crippen LogP contribution in [-0.4, -0.2) is 37.0 Å². The van der Waals surface area contributed by atoms with Gasteiger partial charge in [0.15, 0.2) is 0 Å². The predicted molar refractivity (Wildman–Crippen MR) is 85.7 cm³/mol. The molecule has 1 N–H and O–H groups in total. The first-order valence-electron chi connectivity index (χ1n) is 7.98. The first-order chi connectivity index (χ1) is 10.2. The molecule has 4 heteroatoms. The minimum Gasteiger partial charge on any atom is -0.339 e. The van der Waals surface area contributed by atoms with Gasteiger partial charge in [-0.2, -0.15) is 0 Å². The van der Waals surface area contributed by atoms with Gasteiger partial charge in [-0.1, -0.05) is 43.0 Å². The molecular formula is C17H23ClN2O. The highest BCUT2D eigenvalue weighted by molar-refractivity contribution is 6.30. The van der Waals surface area contributed by atoms with Crippen LogP contribution in [0.1, 0.15) is 37.7 Å². The maximum Gasteiger partial charge on any atom is 0.233 e. The maximum absolute atomic E-state index is 13.2. The van der Waals surface area contributed by atoms with Crippen LogP contribution in [0.2, 0.25) is 5.02 Å². The van der Waals surface area contributed by atoms with Gasteiger partial charge in [0.1, 0.15) is 0 Å². The van der Waals surface area contributed by atoms with Crippen molar-refractivity contribution in [3.63, 3.8) is 0 Å². The minimum atomic E-state index is -0.319. The molecule has 1 saturated carbocycles. The molecule has 114 valence electrons. The molecule has 1 saturated heterocycles. The molecule has 3 nitrogen and oxygen atoms in total. The number of hydrogen-bond acceptors (Lipinski definition) is 2. The number of amides is 1. The molecule has 1 aliphatic carbocycles. The zero-order valence-electron chi connectivity index (χ0n) is 12.4. The Hall–Kier alpha value is -1.06. The van der Waals surface area contributed by atoms with Crippen molar-refractivity contribution >= 4 is 17.5 Å². The third-order valence-corrected chi connectivity index (χ3v) is 5.17. The molecule has 1 aliphatic heterocycles.